The number of carboxylic acids is 1. The summed E-state index contributed by atoms with van der Waals surface area (Å²) in [6.45, 7) is 1.63. The van der Waals surface area contributed by atoms with E-state index in [4.69, 9.17) is 9.84 Å². The van der Waals surface area contributed by atoms with Crippen LogP contribution < -0.4 is 4.74 Å². The zero-order valence-corrected chi connectivity index (χ0v) is 11.6. The van der Waals surface area contributed by atoms with E-state index in [1.54, 1.807) is 25.1 Å². The Balaban J connectivity index is 2.04. The molecule has 4 heteroatoms. The van der Waals surface area contributed by atoms with Gasteiger partial charge in [-0.3, -0.25) is 4.79 Å². The predicted octanol–water partition coefficient (Wildman–Crippen LogP) is 3.26. The fourth-order valence-electron chi connectivity index (χ4n) is 2.54. The molecule has 2 N–H and O–H groups in total. The second kappa shape index (κ2) is 5.22. The summed E-state index contributed by atoms with van der Waals surface area (Å²) in [4.78, 5) is 11.1. The molecular weight excluding hydrogens is 268 g/mol. The topological polar surface area (TPSA) is 66.8 Å². The van der Waals surface area contributed by atoms with Crippen molar-refractivity contribution in [2.24, 2.45) is 0 Å². The Bertz CT molecular complexity index is 693. The number of hydrogen-bond donors (Lipinski definition) is 2. The smallest absolute Gasteiger partial charge is 0.310 e. The van der Waals surface area contributed by atoms with Crippen molar-refractivity contribution >= 4 is 5.97 Å². The number of benzene rings is 2. The lowest BCUT2D eigenvalue weighted by Crippen LogP contribution is -2.09. The van der Waals surface area contributed by atoms with Crippen LogP contribution in [0, 0.1) is 0 Å². The number of hydrogen-bond acceptors (Lipinski definition) is 3. The monoisotopic (exact) mass is 284 g/mol. The van der Waals surface area contributed by atoms with Gasteiger partial charge in [-0.2, -0.15) is 0 Å². The van der Waals surface area contributed by atoms with Crippen LogP contribution in [0.5, 0.6) is 11.5 Å². The van der Waals surface area contributed by atoms with Gasteiger partial charge in [-0.15, -0.1) is 0 Å². The van der Waals surface area contributed by atoms with Crippen LogP contribution in [0.15, 0.2) is 42.5 Å². The molecule has 4 nitrogen and oxygen atoms in total. The highest BCUT2D eigenvalue weighted by Gasteiger charge is 2.23. The number of aliphatic carboxylic acids is 1. The fraction of sp³-hybridized carbons (Fsp3) is 0.235. The highest BCUT2D eigenvalue weighted by molar-refractivity contribution is 5.75. The van der Waals surface area contributed by atoms with Gasteiger partial charge in [0.25, 0.3) is 0 Å². The van der Waals surface area contributed by atoms with Gasteiger partial charge < -0.3 is 14.9 Å². The fourth-order valence-corrected chi connectivity index (χ4v) is 2.54. The van der Waals surface area contributed by atoms with Crippen molar-refractivity contribution < 1.29 is 19.7 Å². The van der Waals surface area contributed by atoms with Crippen LogP contribution in [0.4, 0.5) is 0 Å². The second-order valence-electron chi connectivity index (χ2n) is 5.29. The number of carboxylic acid groups (broad SMARTS) is 1. The third-order valence-corrected chi connectivity index (χ3v) is 3.87. The normalized spacial score (nSPS) is 17.9. The molecule has 1 aliphatic heterocycles. The van der Waals surface area contributed by atoms with Gasteiger partial charge >= 0.3 is 5.97 Å². The van der Waals surface area contributed by atoms with Gasteiger partial charge in [-0.05, 0) is 36.2 Å². The van der Waals surface area contributed by atoms with Crippen LogP contribution in [0.1, 0.15) is 35.6 Å². The summed E-state index contributed by atoms with van der Waals surface area (Å²) in [6.07, 6.45) is -0.252. The van der Waals surface area contributed by atoms with Crippen molar-refractivity contribution in [1.82, 2.24) is 0 Å². The lowest BCUT2D eigenvalue weighted by Gasteiger charge is -2.14. The molecule has 2 aromatic rings. The lowest BCUT2D eigenvalue weighted by atomic mass is 9.95. The Kier molecular flexibility index (Phi) is 3.39. The number of fused-ring (bicyclic) bond motifs is 2. The number of rotatable bonds is 2. The van der Waals surface area contributed by atoms with E-state index in [0.717, 1.165) is 11.3 Å². The lowest BCUT2D eigenvalue weighted by molar-refractivity contribution is -0.138. The zero-order chi connectivity index (χ0) is 15.0. The maximum absolute atomic E-state index is 11.1. The van der Waals surface area contributed by atoms with Gasteiger partial charge in [0, 0.05) is 12.0 Å². The molecule has 1 aliphatic rings. The average Bonchev–Trinajstić information content (AvgIpc) is 2.62. The second-order valence-corrected chi connectivity index (χ2v) is 5.29. The summed E-state index contributed by atoms with van der Waals surface area (Å²) in [5.74, 6) is -0.196. The molecular formula is C17H16O4. The van der Waals surface area contributed by atoms with Crippen LogP contribution in [0.3, 0.4) is 0 Å². The van der Waals surface area contributed by atoms with Crippen LogP contribution >= 0.6 is 0 Å². The Hall–Kier alpha value is -2.33. The molecule has 2 aromatic carbocycles. The van der Waals surface area contributed by atoms with E-state index in [2.05, 4.69) is 0 Å². The van der Waals surface area contributed by atoms with Gasteiger partial charge in [-0.25, -0.2) is 0 Å². The molecule has 2 atom stereocenters. The Morgan fingerprint density at radius 3 is 2.76 bits per heavy atom. The maximum atomic E-state index is 11.1. The van der Waals surface area contributed by atoms with Crippen LogP contribution in [0.25, 0.3) is 0 Å². The molecule has 21 heavy (non-hydrogen) atoms. The van der Waals surface area contributed by atoms with Gasteiger partial charge in [0.05, 0.1) is 12.0 Å². The van der Waals surface area contributed by atoms with E-state index < -0.39 is 18.0 Å². The molecule has 0 radical (unpaired) electrons. The molecule has 0 aliphatic carbocycles. The van der Waals surface area contributed by atoms with Crippen LogP contribution in [0.2, 0.25) is 0 Å². The van der Waals surface area contributed by atoms with Crippen molar-refractivity contribution in [3.63, 3.8) is 0 Å². The third-order valence-electron chi connectivity index (χ3n) is 3.87. The first kappa shape index (κ1) is 13.6. The van der Waals surface area contributed by atoms with Gasteiger partial charge in [0.2, 0.25) is 0 Å². The SMILES string of the molecule is C[C@@H](C(=O)O)c1ccc2c(c1)[C@H](O)Cc1ccccc1O2. The minimum atomic E-state index is -0.887. The number of carbonyl (C=O) groups is 1. The molecule has 3 rings (SSSR count). The van der Waals surface area contributed by atoms with Gasteiger partial charge in [0.1, 0.15) is 11.5 Å². The third kappa shape index (κ3) is 2.50. The van der Waals surface area contributed by atoms with E-state index in [1.165, 1.54) is 0 Å². The van der Waals surface area contributed by atoms with Crippen LogP contribution in [-0.4, -0.2) is 16.2 Å². The van der Waals surface area contributed by atoms with Crippen molar-refractivity contribution in [2.45, 2.75) is 25.4 Å². The first-order chi connectivity index (χ1) is 10.1. The molecule has 1 heterocycles. The minimum Gasteiger partial charge on any atom is -0.481 e. The highest BCUT2D eigenvalue weighted by Crippen LogP contribution is 2.39. The Morgan fingerprint density at radius 2 is 2.00 bits per heavy atom. The van der Waals surface area contributed by atoms with Crippen molar-refractivity contribution in [3.05, 3.63) is 59.2 Å². The first-order valence-electron chi connectivity index (χ1n) is 6.86. The molecule has 0 bridgehead atoms. The molecule has 0 fully saturated rings. The molecule has 0 saturated carbocycles. The Morgan fingerprint density at radius 1 is 1.24 bits per heavy atom. The van der Waals surface area contributed by atoms with E-state index in [0.29, 0.717) is 23.3 Å². The summed E-state index contributed by atoms with van der Waals surface area (Å²) in [5, 5.41) is 19.5. The molecule has 0 spiro atoms. The molecule has 0 unspecified atom stereocenters. The minimum absolute atomic E-state index is 0.452. The van der Waals surface area contributed by atoms with Crippen molar-refractivity contribution in [1.29, 1.82) is 0 Å². The first-order valence-corrected chi connectivity index (χ1v) is 6.86. The standard InChI is InChI=1S/C17H16O4/c1-10(17(19)20)11-6-7-16-13(8-11)14(18)9-12-4-2-3-5-15(12)21-16/h2-8,10,14,18H,9H2,1H3,(H,19,20)/t10-,14-/m1/s1. The quantitative estimate of drug-likeness (QED) is 0.888. The summed E-state index contributed by atoms with van der Waals surface area (Å²) in [6, 6.07) is 12.8. The summed E-state index contributed by atoms with van der Waals surface area (Å²) >= 11 is 0. The number of aliphatic hydroxyl groups excluding tert-OH is 1. The van der Waals surface area contributed by atoms with E-state index in [9.17, 15) is 9.90 Å². The summed E-state index contributed by atoms with van der Waals surface area (Å²) in [7, 11) is 0. The Labute approximate surface area is 122 Å². The zero-order valence-electron chi connectivity index (χ0n) is 11.6. The number of ether oxygens (including phenoxy) is 1. The van der Waals surface area contributed by atoms with Crippen molar-refractivity contribution in [3.8, 4) is 11.5 Å². The van der Waals surface area contributed by atoms with E-state index in [-0.39, 0.29) is 0 Å². The largest absolute Gasteiger partial charge is 0.481 e. The summed E-state index contributed by atoms with van der Waals surface area (Å²) < 4.78 is 5.86. The number of para-hydroxylation sites is 1. The van der Waals surface area contributed by atoms with Gasteiger partial charge in [-0.1, -0.05) is 24.3 Å². The van der Waals surface area contributed by atoms with E-state index >= 15 is 0 Å². The predicted molar refractivity (Wildman–Crippen MR) is 77.7 cm³/mol. The van der Waals surface area contributed by atoms with Crippen molar-refractivity contribution in [2.75, 3.05) is 0 Å². The van der Waals surface area contributed by atoms with Gasteiger partial charge in [0.15, 0.2) is 0 Å². The van der Waals surface area contributed by atoms with E-state index in [1.807, 2.05) is 24.3 Å². The molecule has 0 saturated heterocycles. The number of aliphatic hydroxyl groups is 1. The van der Waals surface area contributed by atoms with Crippen LogP contribution in [-0.2, 0) is 11.2 Å². The maximum Gasteiger partial charge on any atom is 0.310 e. The average molecular weight is 284 g/mol. The molecule has 0 amide bonds. The molecule has 108 valence electrons. The molecule has 0 aromatic heterocycles. The summed E-state index contributed by atoms with van der Waals surface area (Å²) in [5.41, 5.74) is 2.24. The highest BCUT2D eigenvalue weighted by atomic mass is 16.5.